The molecule has 1 aromatic rings. The SMILES string of the molecule is CC[C@@H](O)C[C@H](O)c1ccc([N+](=O)[O-])cc1. The van der Waals surface area contributed by atoms with E-state index in [4.69, 9.17) is 0 Å². The lowest BCUT2D eigenvalue weighted by molar-refractivity contribution is -0.384. The van der Waals surface area contributed by atoms with Crippen LogP contribution in [0.15, 0.2) is 24.3 Å². The molecular formula is C11H15NO4. The number of non-ortho nitro benzene ring substituents is 1. The average molecular weight is 225 g/mol. The Kier molecular flexibility index (Phi) is 4.39. The van der Waals surface area contributed by atoms with Gasteiger partial charge in [-0.1, -0.05) is 6.92 Å². The minimum atomic E-state index is -0.782. The molecule has 0 unspecified atom stereocenters. The largest absolute Gasteiger partial charge is 0.393 e. The van der Waals surface area contributed by atoms with Crippen molar-refractivity contribution in [2.75, 3.05) is 0 Å². The quantitative estimate of drug-likeness (QED) is 0.591. The second kappa shape index (κ2) is 5.58. The molecule has 88 valence electrons. The predicted octanol–water partition coefficient (Wildman–Crippen LogP) is 1.79. The molecule has 0 aromatic heterocycles. The van der Waals surface area contributed by atoms with Gasteiger partial charge in [-0.2, -0.15) is 0 Å². The highest BCUT2D eigenvalue weighted by Gasteiger charge is 2.13. The molecular weight excluding hydrogens is 210 g/mol. The summed E-state index contributed by atoms with van der Waals surface area (Å²) in [6, 6.07) is 5.70. The maximum atomic E-state index is 10.4. The van der Waals surface area contributed by atoms with Crippen LogP contribution in [-0.4, -0.2) is 21.2 Å². The number of aliphatic hydroxyl groups is 2. The van der Waals surface area contributed by atoms with Crippen molar-refractivity contribution in [2.24, 2.45) is 0 Å². The van der Waals surface area contributed by atoms with Crippen molar-refractivity contribution >= 4 is 5.69 Å². The molecule has 0 aliphatic carbocycles. The van der Waals surface area contributed by atoms with Crippen LogP contribution in [0.25, 0.3) is 0 Å². The second-order valence-electron chi connectivity index (χ2n) is 3.66. The molecule has 0 saturated carbocycles. The first-order valence-corrected chi connectivity index (χ1v) is 5.15. The zero-order chi connectivity index (χ0) is 12.1. The van der Waals surface area contributed by atoms with Crippen molar-refractivity contribution in [1.82, 2.24) is 0 Å². The molecule has 16 heavy (non-hydrogen) atoms. The van der Waals surface area contributed by atoms with Crippen LogP contribution in [0.3, 0.4) is 0 Å². The van der Waals surface area contributed by atoms with E-state index in [0.717, 1.165) is 0 Å². The Hall–Kier alpha value is -1.46. The van der Waals surface area contributed by atoms with Crippen molar-refractivity contribution in [3.05, 3.63) is 39.9 Å². The zero-order valence-electron chi connectivity index (χ0n) is 9.04. The van der Waals surface area contributed by atoms with Crippen LogP contribution in [0.4, 0.5) is 5.69 Å². The normalized spacial score (nSPS) is 14.4. The summed E-state index contributed by atoms with van der Waals surface area (Å²) in [5.74, 6) is 0. The van der Waals surface area contributed by atoms with Gasteiger partial charge in [-0.15, -0.1) is 0 Å². The van der Waals surface area contributed by atoms with E-state index < -0.39 is 17.1 Å². The average Bonchev–Trinajstić information content (AvgIpc) is 2.28. The first-order chi connectivity index (χ1) is 7.54. The van der Waals surface area contributed by atoms with Gasteiger partial charge < -0.3 is 10.2 Å². The molecule has 0 heterocycles. The van der Waals surface area contributed by atoms with E-state index in [-0.39, 0.29) is 12.1 Å². The van der Waals surface area contributed by atoms with Gasteiger partial charge in [0.25, 0.3) is 5.69 Å². The lowest BCUT2D eigenvalue weighted by Gasteiger charge is -2.14. The highest BCUT2D eigenvalue weighted by atomic mass is 16.6. The Morgan fingerprint density at radius 3 is 2.31 bits per heavy atom. The number of nitro groups is 1. The lowest BCUT2D eigenvalue weighted by Crippen LogP contribution is -2.10. The molecule has 0 aliphatic rings. The minimum absolute atomic E-state index is 0.00742. The van der Waals surface area contributed by atoms with Gasteiger partial charge in [-0.25, -0.2) is 0 Å². The third-order valence-corrected chi connectivity index (χ3v) is 2.46. The van der Waals surface area contributed by atoms with Crippen molar-refractivity contribution in [2.45, 2.75) is 32.0 Å². The Labute approximate surface area is 93.5 Å². The number of aliphatic hydroxyl groups excluding tert-OH is 2. The van der Waals surface area contributed by atoms with Gasteiger partial charge in [0.15, 0.2) is 0 Å². The second-order valence-corrected chi connectivity index (χ2v) is 3.66. The molecule has 0 fully saturated rings. The van der Waals surface area contributed by atoms with E-state index in [1.54, 1.807) is 0 Å². The molecule has 0 saturated heterocycles. The number of nitrogens with zero attached hydrogens (tertiary/aromatic N) is 1. The Balaban J connectivity index is 2.70. The van der Waals surface area contributed by atoms with Crippen molar-refractivity contribution < 1.29 is 15.1 Å². The van der Waals surface area contributed by atoms with E-state index in [1.165, 1.54) is 24.3 Å². The van der Waals surface area contributed by atoms with Crippen LogP contribution in [-0.2, 0) is 0 Å². The van der Waals surface area contributed by atoms with Gasteiger partial charge in [0, 0.05) is 18.6 Å². The van der Waals surface area contributed by atoms with E-state index in [1.807, 2.05) is 6.92 Å². The fraction of sp³-hybridized carbons (Fsp3) is 0.455. The lowest BCUT2D eigenvalue weighted by atomic mass is 10.0. The van der Waals surface area contributed by atoms with Gasteiger partial charge in [0.1, 0.15) is 0 Å². The first-order valence-electron chi connectivity index (χ1n) is 5.15. The van der Waals surface area contributed by atoms with Crippen molar-refractivity contribution in [1.29, 1.82) is 0 Å². The fourth-order valence-corrected chi connectivity index (χ4v) is 1.38. The first kappa shape index (κ1) is 12.6. The molecule has 0 radical (unpaired) electrons. The number of rotatable bonds is 5. The molecule has 0 spiro atoms. The number of hydrogen-bond donors (Lipinski definition) is 2. The molecule has 5 heteroatoms. The van der Waals surface area contributed by atoms with Gasteiger partial charge in [-0.05, 0) is 24.1 Å². The fourth-order valence-electron chi connectivity index (χ4n) is 1.38. The summed E-state index contributed by atoms with van der Waals surface area (Å²) in [7, 11) is 0. The molecule has 0 bridgehead atoms. The molecule has 0 aliphatic heterocycles. The van der Waals surface area contributed by atoms with E-state index >= 15 is 0 Å². The molecule has 2 N–H and O–H groups in total. The van der Waals surface area contributed by atoms with Gasteiger partial charge >= 0.3 is 0 Å². The maximum Gasteiger partial charge on any atom is 0.269 e. The van der Waals surface area contributed by atoms with Gasteiger partial charge in [0.05, 0.1) is 17.1 Å². The van der Waals surface area contributed by atoms with Crippen LogP contribution in [0.2, 0.25) is 0 Å². The summed E-state index contributed by atoms with van der Waals surface area (Å²) in [5, 5.41) is 29.5. The van der Waals surface area contributed by atoms with E-state index in [9.17, 15) is 20.3 Å². The van der Waals surface area contributed by atoms with Crippen molar-refractivity contribution in [3.63, 3.8) is 0 Å². The molecule has 0 amide bonds. The summed E-state index contributed by atoms with van der Waals surface area (Å²) in [5.41, 5.74) is 0.574. The summed E-state index contributed by atoms with van der Waals surface area (Å²) in [6.07, 6.45) is -0.515. The Morgan fingerprint density at radius 1 is 1.31 bits per heavy atom. The highest BCUT2D eigenvalue weighted by molar-refractivity contribution is 5.33. The van der Waals surface area contributed by atoms with E-state index in [0.29, 0.717) is 12.0 Å². The van der Waals surface area contributed by atoms with Crippen molar-refractivity contribution in [3.8, 4) is 0 Å². The van der Waals surface area contributed by atoms with E-state index in [2.05, 4.69) is 0 Å². The third-order valence-electron chi connectivity index (χ3n) is 2.46. The minimum Gasteiger partial charge on any atom is -0.393 e. The van der Waals surface area contributed by atoms with Gasteiger partial charge in [-0.3, -0.25) is 10.1 Å². The summed E-state index contributed by atoms with van der Waals surface area (Å²) in [6.45, 7) is 1.83. The molecule has 5 nitrogen and oxygen atoms in total. The van der Waals surface area contributed by atoms with Crippen LogP contribution < -0.4 is 0 Å². The smallest absolute Gasteiger partial charge is 0.269 e. The van der Waals surface area contributed by atoms with Crippen LogP contribution in [0.5, 0.6) is 0 Å². The number of hydrogen-bond acceptors (Lipinski definition) is 4. The summed E-state index contributed by atoms with van der Waals surface area (Å²) in [4.78, 5) is 9.92. The van der Waals surface area contributed by atoms with Gasteiger partial charge in [0.2, 0.25) is 0 Å². The Morgan fingerprint density at radius 2 is 1.88 bits per heavy atom. The summed E-state index contributed by atoms with van der Waals surface area (Å²) >= 11 is 0. The topological polar surface area (TPSA) is 83.6 Å². The third kappa shape index (κ3) is 3.29. The molecule has 2 atom stereocenters. The maximum absolute atomic E-state index is 10.4. The zero-order valence-corrected chi connectivity index (χ0v) is 9.04. The predicted molar refractivity (Wildman–Crippen MR) is 59.0 cm³/mol. The molecule has 1 rings (SSSR count). The standard InChI is InChI=1S/C11H15NO4/c1-2-10(13)7-11(14)8-3-5-9(6-4-8)12(15)16/h3-6,10-11,13-14H,2,7H2,1H3/t10-,11+/m1/s1. The number of nitro benzene ring substituents is 1. The highest BCUT2D eigenvalue weighted by Crippen LogP contribution is 2.21. The monoisotopic (exact) mass is 225 g/mol. The summed E-state index contributed by atoms with van der Waals surface area (Å²) < 4.78 is 0. The Bertz CT molecular complexity index is 350. The number of benzene rings is 1. The van der Waals surface area contributed by atoms with Crippen LogP contribution in [0, 0.1) is 10.1 Å². The van der Waals surface area contributed by atoms with Crippen LogP contribution in [0.1, 0.15) is 31.4 Å². The molecule has 1 aromatic carbocycles. The van der Waals surface area contributed by atoms with Crippen LogP contribution >= 0.6 is 0 Å².